The van der Waals surface area contributed by atoms with Crippen LogP contribution in [0, 0.1) is 11.8 Å². The fraction of sp³-hybridized carbons (Fsp3) is 0.542. The predicted octanol–water partition coefficient (Wildman–Crippen LogP) is 0.832. The molecule has 10 nitrogen and oxygen atoms in total. The number of piperidine rings is 2. The lowest BCUT2D eigenvalue weighted by atomic mass is 9.86. The van der Waals surface area contributed by atoms with E-state index in [0.29, 0.717) is 38.0 Å². The average Bonchev–Trinajstić information content (AvgIpc) is 2.84. The number of fused-ring (bicyclic) bond motifs is 1. The zero-order chi connectivity index (χ0) is 24.4. The first kappa shape index (κ1) is 23.7. The number of aromatic nitrogens is 2. The summed E-state index contributed by atoms with van der Waals surface area (Å²) >= 11 is 0. The largest absolute Gasteiger partial charge is 0.355 e. The van der Waals surface area contributed by atoms with Gasteiger partial charge in [0.05, 0.1) is 16.7 Å². The minimum absolute atomic E-state index is 0.000234. The summed E-state index contributed by atoms with van der Waals surface area (Å²) < 4.78 is 0. The van der Waals surface area contributed by atoms with E-state index < -0.39 is 11.1 Å². The molecule has 0 radical (unpaired) electrons. The van der Waals surface area contributed by atoms with Gasteiger partial charge < -0.3 is 15.1 Å². The van der Waals surface area contributed by atoms with E-state index in [4.69, 9.17) is 0 Å². The lowest BCUT2D eigenvalue weighted by molar-refractivity contribution is -0.138. The summed E-state index contributed by atoms with van der Waals surface area (Å²) in [5.41, 5.74) is -0.497. The van der Waals surface area contributed by atoms with Crippen LogP contribution in [0.2, 0.25) is 0 Å². The van der Waals surface area contributed by atoms with E-state index in [9.17, 15) is 24.0 Å². The minimum Gasteiger partial charge on any atom is -0.355 e. The molecule has 1 aromatic heterocycles. The number of carbonyl (C=O) groups is 3. The van der Waals surface area contributed by atoms with Gasteiger partial charge in [-0.05, 0) is 49.8 Å². The molecule has 3 N–H and O–H groups in total. The molecule has 0 saturated carbocycles. The van der Waals surface area contributed by atoms with Crippen LogP contribution in [0.25, 0.3) is 10.8 Å². The molecular weight excluding hydrogens is 438 g/mol. The molecule has 10 heteroatoms. The molecule has 0 spiro atoms. The summed E-state index contributed by atoms with van der Waals surface area (Å²) in [7, 11) is 1.77. The van der Waals surface area contributed by atoms with Crippen LogP contribution in [0.5, 0.6) is 0 Å². The van der Waals surface area contributed by atoms with Gasteiger partial charge in [-0.15, -0.1) is 0 Å². The van der Waals surface area contributed by atoms with Gasteiger partial charge in [0.15, 0.2) is 0 Å². The molecule has 182 valence electrons. The Bertz CT molecular complexity index is 1220. The Kier molecular flexibility index (Phi) is 6.85. The first-order valence-electron chi connectivity index (χ1n) is 11.8. The summed E-state index contributed by atoms with van der Waals surface area (Å²) in [6, 6.07) is 4.55. The zero-order valence-electron chi connectivity index (χ0n) is 19.6. The maximum Gasteiger partial charge on any atom is 0.270 e. The third-order valence-corrected chi connectivity index (χ3v) is 7.14. The van der Waals surface area contributed by atoms with E-state index in [1.807, 2.05) is 11.8 Å². The highest BCUT2D eigenvalue weighted by atomic mass is 16.2. The average molecular weight is 470 g/mol. The number of nitrogens with one attached hydrogen (secondary N) is 3. The highest BCUT2D eigenvalue weighted by Crippen LogP contribution is 2.25. The summed E-state index contributed by atoms with van der Waals surface area (Å²) in [5, 5.41) is 7.78. The Hall–Kier alpha value is -3.43. The second kappa shape index (κ2) is 9.82. The zero-order valence-corrected chi connectivity index (χ0v) is 19.6. The topological polar surface area (TPSA) is 135 Å². The van der Waals surface area contributed by atoms with Crippen molar-refractivity contribution in [3.8, 4) is 0 Å². The van der Waals surface area contributed by atoms with Gasteiger partial charge in [0, 0.05) is 44.7 Å². The Balaban J connectivity index is 1.45. The number of aromatic amines is 2. The Morgan fingerprint density at radius 1 is 1.09 bits per heavy atom. The molecule has 0 aliphatic carbocycles. The molecule has 2 aliphatic heterocycles. The molecule has 3 heterocycles. The quantitative estimate of drug-likeness (QED) is 0.596. The van der Waals surface area contributed by atoms with Crippen LogP contribution in [0.15, 0.2) is 27.8 Å². The van der Waals surface area contributed by atoms with Crippen molar-refractivity contribution in [3.63, 3.8) is 0 Å². The van der Waals surface area contributed by atoms with Gasteiger partial charge in [-0.3, -0.25) is 34.2 Å². The van der Waals surface area contributed by atoms with Crippen LogP contribution >= 0.6 is 0 Å². The molecule has 2 saturated heterocycles. The summed E-state index contributed by atoms with van der Waals surface area (Å²) in [4.78, 5) is 65.5. The van der Waals surface area contributed by atoms with E-state index >= 15 is 0 Å². The number of rotatable bonds is 5. The number of amides is 3. The first-order valence-corrected chi connectivity index (χ1v) is 11.8. The smallest absolute Gasteiger partial charge is 0.270 e. The number of hydrogen-bond donors (Lipinski definition) is 3. The van der Waals surface area contributed by atoms with E-state index in [1.54, 1.807) is 18.0 Å². The van der Waals surface area contributed by atoms with Crippen LogP contribution in [0.1, 0.15) is 49.4 Å². The Morgan fingerprint density at radius 3 is 2.56 bits per heavy atom. The lowest BCUT2D eigenvalue weighted by Crippen LogP contribution is -2.49. The molecule has 2 fully saturated rings. The molecule has 3 atom stereocenters. The van der Waals surface area contributed by atoms with E-state index in [0.717, 1.165) is 19.3 Å². The molecule has 3 amide bonds. The number of benzene rings is 1. The van der Waals surface area contributed by atoms with Crippen molar-refractivity contribution >= 4 is 28.5 Å². The van der Waals surface area contributed by atoms with Crippen molar-refractivity contribution in [3.05, 3.63) is 44.5 Å². The van der Waals surface area contributed by atoms with Gasteiger partial charge in [-0.2, -0.15) is 0 Å². The van der Waals surface area contributed by atoms with Gasteiger partial charge >= 0.3 is 0 Å². The molecule has 34 heavy (non-hydrogen) atoms. The van der Waals surface area contributed by atoms with Crippen molar-refractivity contribution in [1.29, 1.82) is 0 Å². The second-order valence-electron chi connectivity index (χ2n) is 9.46. The Morgan fingerprint density at radius 2 is 1.82 bits per heavy atom. The number of likely N-dealkylation sites (tertiary alicyclic amines) is 1. The molecule has 2 aliphatic rings. The third-order valence-electron chi connectivity index (χ3n) is 7.14. The fourth-order valence-corrected chi connectivity index (χ4v) is 5.04. The van der Waals surface area contributed by atoms with Crippen molar-refractivity contribution < 1.29 is 14.4 Å². The summed E-state index contributed by atoms with van der Waals surface area (Å²) in [6.45, 7) is 3.41. The van der Waals surface area contributed by atoms with Gasteiger partial charge in [0.1, 0.15) is 0 Å². The molecule has 3 unspecified atom stereocenters. The maximum absolute atomic E-state index is 13.4. The molecular formula is C24H31N5O5. The number of hydrogen-bond acceptors (Lipinski definition) is 5. The van der Waals surface area contributed by atoms with Crippen molar-refractivity contribution in [2.45, 2.75) is 45.1 Å². The van der Waals surface area contributed by atoms with Crippen LogP contribution in [-0.4, -0.2) is 70.4 Å². The van der Waals surface area contributed by atoms with Crippen LogP contribution < -0.4 is 16.4 Å². The normalized spacial score (nSPS) is 22.9. The maximum atomic E-state index is 13.4. The van der Waals surface area contributed by atoms with Crippen molar-refractivity contribution in [2.24, 2.45) is 11.8 Å². The first-order chi connectivity index (χ1) is 16.3. The highest BCUT2D eigenvalue weighted by molar-refractivity contribution is 5.98. The molecule has 4 rings (SSSR count). The minimum atomic E-state index is -0.451. The van der Waals surface area contributed by atoms with Gasteiger partial charge in [0.2, 0.25) is 11.8 Å². The van der Waals surface area contributed by atoms with E-state index in [-0.39, 0.29) is 46.4 Å². The third kappa shape index (κ3) is 4.76. The van der Waals surface area contributed by atoms with Crippen LogP contribution in [0.4, 0.5) is 0 Å². The molecule has 1 aromatic carbocycles. The lowest BCUT2D eigenvalue weighted by Gasteiger charge is -2.37. The van der Waals surface area contributed by atoms with Gasteiger partial charge in [-0.1, -0.05) is 6.92 Å². The van der Waals surface area contributed by atoms with E-state index in [2.05, 4.69) is 15.5 Å². The van der Waals surface area contributed by atoms with Gasteiger partial charge in [0.25, 0.3) is 17.0 Å². The SMILES string of the molecule is CC1CC(=O)NCC1C(=O)N(C)CCC1CCCCN1C(=O)c1ccc2c(=O)[nH][nH]c(=O)c2c1. The number of H-pyrrole nitrogens is 2. The van der Waals surface area contributed by atoms with Crippen molar-refractivity contribution in [1.82, 2.24) is 25.3 Å². The second-order valence-corrected chi connectivity index (χ2v) is 9.46. The number of carbonyl (C=O) groups excluding carboxylic acids is 3. The van der Waals surface area contributed by atoms with E-state index in [1.165, 1.54) is 12.1 Å². The predicted molar refractivity (Wildman–Crippen MR) is 126 cm³/mol. The highest BCUT2D eigenvalue weighted by Gasteiger charge is 2.34. The monoisotopic (exact) mass is 469 g/mol. The summed E-state index contributed by atoms with van der Waals surface area (Å²) in [6.07, 6.45) is 3.75. The Labute approximate surface area is 196 Å². The van der Waals surface area contributed by atoms with Crippen LogP contribution in [-0.2, 0) is 9.59 Å². The molecule has 0 bridgehead atoms. The molecule has 2 aromatic rings. The summed E-state index contributed by atoms with van der Waals surface area (Å²) in [5.74, 6) is -0.412. The standard InChI is InChI=1S/C24H31N5O5/c1-14-11-20(30)25-13-19(14)24(34)28(2)10-8-16-5-3-4-9-29(16)23(33)15-6-7-17-18(12-15)22(32)27-26-21(17)31/h6-7,12,14,16,19H,3-5,8-11,13H2,1-2H3,(H,25,30)(H,26,31)(H,27,32). The van der Waals surface area contributed by atoms with Crippen LogP contribution in [0.3, 0.4) is 0 Å². The number of nitrogens with zero attached hydrogens (tertiary/aromatic N) is 2. The van der Waals surface area contributed by atoms with Gasteiger partial charge in [-0.25, -0.2) is 0 Å². The van der Waals surface area contributed by atoms with Crippen molar-refractivity contribution in [2.75, 3.05) is 26.7 Å². The fourth-order valence-electron chi connectivity index (χ4n) is 5.04.